The van der Waals surface area contributed by atoms with Crippen LogP contribution in [0.1, 0.15) is 6.92 Å². The maximum atomic E-state index is 12.8. The van der Waals surface area contributed by atoms with E-state index in [4.69, 9.17) is 0 Å². The van der Waals surface area contributed by atoms with Crippen molar-refractivity contribution in [2.45, 2.75) is 20.0 Å². The van der Waals surface area contributed by atoms with E-state index in [0.717, 1.165) is 29.9 Å². The van der Waals surface area contributed by atoms with Crippen molar-refractivity contribution >= 4 is 22.8 Å². The van der Waals surface area contributed by atoms with E-state index in [-0.39, 0.29) is 18.1 Å². The van der Waals surface area contributed by atoms with Crippen LogP contribution in [0.2, 0.25) is 0 Å². The molecule has 1 aromatic carbocycles. The fourth-order valence-electron chi connectivity index (χ4n) is 3.69. The minimum atomic E-state index is -0.126. The fraction of sp³-hybridized carbons (Fsp3) is 0.350. The molecule has 0 spiro atoms. The van der Waals surface area contributed by atoms with Gasteiger partial charge in [-0.2, -0.15) is 0 Å². The summed E-state index contributed by atoms with van der Waals surface area (Å²) in [5.74, 6) is 0.920. The average Bonchev–Trinajstić information content (AvgIpc) is 2.99. The molecular weight excluding hydrogens is 342 g/mol. The van der Waals surface area contributed by atoms with Crippen molar-refractivity contribution in [2.24, 2.45) is 0 Å². The molecule has 0 saturated carbocycles. The molecule has 7 heteroatoms. The van der Waals surface area contributed by atoms with Crippen LogP contribution in [-0.2, 0) is 17.9 Å². The molecule has 3 heterocycles. The molecule has 140 valence electrons. The molecule has 1 aliphatic heterocycles. The zero-order valence-corrected chi connectivity index (χ0v) is 15.4. The third-order valence-electron chi connectivity index (χ3n) is 5.14. The minimum Gasteiger partial charge on any atom is -0.353 e. The Morgan fingerprint density at radius 2 is 1.63 bits per heavy atom. The van der Waals surface area contributed by atoms with Crippen LogP contribution in [-0.4, -0.2) is 51.1 Å². The smallest absolute Gasteiger partial charge is 0.329 e. The standard InChI is InChI=1S/C20H23N5O2/c1-2-24-16-7-3-4-8-17(16)25(20(24)27)15-19(26)23-13-11-22(12-14-23)18-9-5-6-10-21-18/h3-10H,2,11-15H2,1H3. The number of pyridine rings is 1. The van der Waals surface area contributed by atoms with E-state index in [1.807, 2.05) is 54.3 Å². The van der Waals surface area contributed by atoms with Gasteiger partial charge in [-0.1, -0.05) is 18.2 Å². The molecule has 1 saturated heterocycles. The van der Waals surface area contributed by atoms with E-state index >= 15 is 0 Å². The van der Waals surface area contributed by atoms with Crippen LogP contribution in [0.25, 0.3) is 11.0 Å². The molecule has 0 aliphatic carbocycles. The van der Waals surface area contributed by atoms with Crippen molar-refractivity contribution in [1.82, 2.24) is 19.0 Å². The van der Waals surface area contributed by atoms with E-state index in [1.54, 1.807) is 15.3 Å². The van der Waals surface area contributed by atoms with Gasteiger partial charge in [-0.05, 0) is 31.2 Å². The zero-order chi connectivity index (χ0) is 18.8. The Labute approximate surface area is 157 Å². The molecule has 7 nitrogen and oxygen atoms in total. The number of aryl methyl sites for hydroxylation is 1. The second kappa shape index (κ2) is 7.26. The summed E-state index contributed by atoms with van der Waals surface area (Å²) < 4.78 is 3.30. The first-order chi connectivity index (χ1) is 13.2. The van der Waals surface area contributed by atoms with Gasteiger partial charge in [0.25, 0.3) is 0 Å². The van der Waals surface area contributed by atoms with Crippen molar-refractivity contribution < 1.29 is 4.79 Å². The van der Waals surface area contributed by atoms with Gasteiger partial charge in [-0.3, -0.25) is 13.9 Å². The average molecular weight is 365 g/mol. The first-order valence-electron chi connectivity index (χ1n) is 9.31. The molecule has 27 heavy (non-hydrogen) atoms. The summed E-state index contributed by atoms with van der Waals surface area (Å²) in [6.45, 7) is 5.37. The molecule has 0 unspecified atom stereocenters. The van der Waals surface area contributed by atoms with Gasteiger partial charge in [-0.25, -0.2) is 9.78 Å². The molecule has 4 rings (SSSR count). The highest BCUT2D eigenvalue weighted by molar-refractivity contribution is 5.81. The second-order valence-corrected chi connectivity index (χ2v) is 6.66. The van der Waals surface area contributed by atoms with Crippen LogP contribution < -0.4 is 10.6 Å². The number of hydrogen-bond acceptors (Lipinski definition) is 4. The SMILES string of the molecule is CCn1c(=O)n(CC(=O)N2CCN(c3ccccn3)CC2)c2ccccc21. The van der Waals surface area contributed by atoms with Crippen LogP contribution >= 0.6 is 0 Å². The number of nitrogens with zero attached hydrogens (tertiary/aromatic N) is 5. The van der Waals surface area contributed by atoms with Crippen LogP contribution in [0.4, 0.5) is 5.82 Å². The fourth-order valence-corrected chi connectivity index (χ4v) is 3.69. The predicted octanol–water partition coefficient (Wildman–Crippen LogP) is 1.57. The molecule has 0 atom stereocenters. The van der Waals surface area contributed by atoms with Gasteiger partial charge >= 0.3 is 5.69 Å². The molecule has 1 amide bonds. The van der Waals surface area contributed by atoms with Crippen molar-refractivity contribution in [2.75, 3.05) is 31.1 Å². The van der Waals surface area contributed by atoms with Crippen molar-refractivity contribution in [3.8, 4) is 0 Å². The maximum absolute atomic E-state index is 12.8. The molecule has 0 N–H and O–H groups in total. The molecule has 3 aromatic rings. The summed E-state index contributed by atoms with van der Waals surface area (Å²) in [6.07, 6.45) is 1.78. The van der Waals surface area contributed by atoms with E-state index < -0.39 is 0 Å². The number of carbonyl (C=O) groups is 1. The van der Waals surface area contributed by atoms with Crippen LogP contribution in [0, 0.1) is 0 Å². The number of piperazine rings is 1. The summed E-state index contributed by atoms with van der Waals surface area (Å²) in [6, 6.07) is 13.5. The number of rotatable bonds is 4. The van der Waals surface area contributed by atoms with Gasteiger partial charge in [0.05, 0.1) is 11.0 Å². The van der Waals surface area contributed by atoms with Gasteiger partial charge in [0.1, 0.15) is 12.4 Å². The lowest BCUT2D eigenvalue weighted by molar-refractivity contribution is -0.132. The highest BCUT2D eigenvalue weighted by Crippen LogP contribution is 2.15. The number of benzene rings is 1. The van der Waals surface area contributed by atoms with E-state index in [2.05, 4.69) is 9.88 Å². The number of hydrogen-bond donors (Lipinski definition) is 0. The van der Waals surface area contributed by atoms with Gasteiger partial charge in [0.2, 0.25) is 5.91 Å². The Bertz CT molecular complexity index is 1000. The zero-order valence-electron chi connectivity index (χ0n) is 15.4. The first-order valence-corrected chi connectivity index (χ1v) is 9.31. The third kappa shape index (κ3) is 3.20. The predicted molar refractivity (Wildman–Crippen MR) is 105 cm³/mol. The maximum Gasteiger partial charge on any atom is 0.329 e. The molecule has 0 radical (unpaired) electrons. The number of anilines is 1. The lowest BCUT2D eigenvalue weighted by Crippen LogP contribution is -2.50. The Morgan fingerprint density at radius 1 is 0.963 bits per heavy atom. The van der Waals surface area contributed by atoms with Gasteiger partial charge < -0.3 is 9.80 Å². The molecule has 0 bridgehead atoms. The summed E-state index contributed by atoms with van der Waals surface area (Å²) in [5.41, 5.74) is 1.56. The van der Waals surface area contributed by atoms with Gasteiger partial charge in [0.15, 0.2) is 0 Å². The number of aromatic nitrogens is 3. The number of amides is 1. The van der Waals surface area contributed by atoms with E-state index in [1.165, 1.54) is 0 Å². The van der Waals surface area contributed by atoms with Gasteiger partial charge in [-0.15, -0.1) is 0 Å². The number of carbonyl (C=O) groups excluding carboxylic acids is 1. The third-order valence-corrected chi connectivity index (χ3v) is 5.14. The largest absolute Gasteiger partial charge is 0.353 e. The number of imidazole rings is 1. The van der Waals surface area contributed by atoms with Crippen LogP contribution in [0.5, 0.6) is 0 Å². The van der Waals surface area contributed by atoms with Crippen LogP contribution in [0.15, 0.2) is 53.5 Å². The summed E-state index contributed by atoms with van der Waals surface area (Å²) in [7, 11) is 0. The lowest BCUT2D eigenvalue weighted by Gasteiger charge is -2.35. The monoisotopic (exact) mass is 365 g/mol. The first kappa shape index (κ1) is 17.3. The van der Waals surface area contributed by atoms with Crippen molar-refractivity contribution in [3.63, 3.8) is 0 Å². The highest BCUT2D eigenvalue weighted by atomic mass is 16.2. The molecular formula is C20H23N5O2. The minimum absolute atomic E-state index is 0.0169. The Kier molecular flexibility index (Phi) is 4.66. The summed E-state index contributed by atoms with van der Waals surface area (Å²) in [4.78, 5) is 33.9. The molecule has 1 aliphatic rings. The second-order valence-electron chi connectivity index (χ2n) is 6.66. The van der Waals surface area contributed by atoms with E-state index in [9.17, 15) is 9.59 Å². The molecule has 1 fully saturated rings. The topological polar surface area (TPSA) is 63.4 Å². The van der Waals surface area contributed by atoms with Crippen molar-refractivity contribution in [3.05, 3.63) is 59.1 Å². The van der Waals surface area contributed by atoms with Crippen molar-refractivity contribution in [1.29, 1.82) is 0 Å². The van der Waals surface area contributed by atoms with Crippen LogP contribution in [0.3, 0.4) is 0 Å². The Morgan fingerprint density at radius 3 is 2.26 bits per heavy atom. The highest BCUT2D eigenvalue weighted by Gasteiger charge is 2.23. The van der Waals surface area contributed by atoms with E-state index in [0.29, 0.717) is 19.6 Å². The molecule has 2 aromatic heterocycles. The lowest BCUT2D eigenvalue weighted by atomic mass is 10.3. The summed E-state index contributed by atoms with van der Waals surface area (Å²) in [5, 5.41) is 0. The number of para-hydroxylation sites is 2. The summed E-state index contributed by atoms with van der Waals surface area (Å²) >= 11 is 0. The van der Waals surface area contributed by atoms with Gasteiger partial charge in [0, 0.05) is 38.9 Å². The normalized spacial score (nSPS) is 14.7. The number of fused-ring (bicyclic) bond motifs is 1. The Balaban J connectivity index is 1.49. The Hall–Kier alpha value is -3.09. The quantitative estimate of drug-likeness (QED) is 0.704.